The molecular weight excluding hydrogens is 279 g/mol. The number of methoxy groups -OCH3 is 1. The largest absolute Gasteiger partial charge is 0.383 e. The Morgan fingerprint density at radius 2 is 1.90 bits per heavy atom. The Labute approximate surface area is 120 Å². The molecule has 1 fully saturated rings. The fraction of sp³-hybridized carbons (Fsp3) is 0.357. The number of benzene rings is 1. The Kier molecular flexibility index (Phi) is 4.32. The number of ether oxygens (including phenoxy) is 1. The first kappa shape index (κ1) is 15.1. The maximum Gasteiger partial charge on any atom is 0.331 e. The highest BCUT2D eigenvalue weighted by Gasteiger charge is 2.43. The van der Waals surface area contributed by atoms with E-state index in [1.165, 1.54) is 19.2 Å². The van der Waals surface area contributed by atoms with Gasteiger partial charge in [-0.25, -0.2) is 9.18 Å². The lowest BCUT2D eigenvalue weighted by molar-refractivity contribution is -0.140. The molecule has 21 heavy (non-hydrogen) atoms. The average Bonchev–Trinajstić information content (AvgIpc) is 2.40. The Morgan fingerprint density at radius 1 is 1.29 bits per heavy atom. The summed E-state index contributed by atoms with van der Waals surface area (Å²) >= 11 is 0. The summed E-state index contributed by atoms with van der Waals surface area (Å²) in [6.07, 6.45) is 0. The Morgan fingerprint density at radius 3 is 2.48 bits per heavy atom. The molecule has 1 aromatic rings. The quantitative estimate of drug-likeness (QED) is 0.841. The minimum absolute atomic E-state index is 0.156. The predicted molar refractivity (Wildman–Crippen MR) is 70.9 cm³/mol. The van der Waals surface area contributed by atoms with Crippen molar-refractivity contribution in [3.8, 4) is 0 Å². The smallest absolute Gasteiger partial charge is 0.331 e. The van der Waals surface area contributed by atoms with E-state index in [0.717, 1.165) is 17.0 Å². The van der Waals surface area contributed by atoms with Gasteiger partial charge in [0, 0.05) is 7.11 Å². The van der Waals surface area contributed by atoms with Crippen LogP contribution in [0.2, 0.25) is 0 Å². The molecule has 1 heterocycles. The van der Waals surface area contributed by atoms with Gasteiger partial charge in [-0.3, -0.25) is 19.8 Å². The molecule has 0 saturated carbocycles. The highest BCUT2D eigenvalue weighted by molar-refractivity contribution is 6.19. The molecule has 7 heteroatoms. The number of carbonyl (C=O) groups is 3. The summed E-state index contributed by atoms with van der Waals surface area (Å²) in [5.74, 6) is -2.98. The van der Waals surface area contributed by atoms with Crippen molar-refractivity contribution in [2.45, 2.75) is 18.9 Å². The lowest BCUT2D eigenvalue weighted by Gasteiger charge is -2.34. The predicted octanol–water partition coefficient (Wildman–Crippen LogP) is 1.02. The van der Waals surface area contributed by atoms with Gasteiger partial charge in [-0.1, -0.05) is 12.1 Å². The molecule has 0 aromatic heterocycles. The van der Waals surface area contributed by atoms with Gasteiger partial charge < -0.3 is 4.74 Å². The maximum atomic E-state index is 12.9. The molecule has 2 unspecified atom stereocenters. The number of carbonyl (C=O) groups excluding carboxylic acids is 3. The van der Waals surface area contributed by atoms with Crippen molar-refractivity contribution in [2.24, 2.45) is 0 Å². The van der Waals surface area contributed by atoms with Gasteiger partial charge in [0.25, 0.3) is 0 Å². The topological polar surface area (TPSA) is 75.7 Å². The summed E-state index contributed by atoms with van der Waals surface area (Å²) in [6.45, 7) is 1.79. The number of urea groups is 1. The molecule has 6 nitrogen and oxygen atoms in total. The Hall–Kier alpha value is -2.28. The van der Waals surface area contributed by atoms with Gasteiger partial charge in [-0.15, -0.1) is 0 Å². The van der Waals surface area contributed by atoms with Gasteiger partial charge in [0.15, 0.2) is 0 Å². The van der Waals surface area contributed by atoms with Crippen LogP contribution in [-0.2, 0) is 14.3 Å². The number of hydrogen-bond acceptors (Lipinski definition) is 4. The number of amides is 4. The van der Waals surface area contributed by atoms with Gasteiger partial charge in [-0.2, -0.15) is 0 Å². The molecule has 1 aromatic carbocycles. The van der Waals surface area contributed by atoms with Gasteiger partial charge in [-0.05, 0) is 24.6 Å². The van der Waals surface area contributed by atoms with Crippen LogP contribution in [0.4, 0.5) is 9.18 Å². The monoisotopic (exact) mass is 294 g/mol. The first-order valence-electron chi connectivity index (χ1n) is 6.38. The average molecular weight is 294 g/mol. The number of nitrogens with one attached hydrogen (secondary N) is 1. The van der Waals surface area contributed by atoms with E-state index in [0.29, 0.717) is 5.56 Å². The second-order valence-electron chi connectivity index (χ2n) is 4.79. The lowest BCUT2D eigenvalue weighted by atomic mass is 9.94. The lowest BCUT2D eigenvalue weighted by Crippen LogP contribution is -2.60. The van der Waals surface area contributed by atoms with Gasteiger partial charge in [0.05, 0.1) is 12.6 Å². The first-order valence-corrected chi connectivity index (χ1v) is 6.38. The summed E-state index contributed by atoms with van der Waals surface area (Å²) in [7, 11) is 1.45. The third kappa shape index (κ3) is 2.92. The summed E-state index contributed by atoms with van der Waals surface area (Å²) in [5.41, 5.74) is 0.334. The van der Waals surface area contributed by atoms with E-state index in [1.54, 1.807) is 6.92 Å². The molecule has 2 rings (SSSR count). The number of barbiturate groups is 1. The highest BCUT2D eigenvalue weighted by Crippen LogP contribution is 2.24. The van der Waals surface area contributed by atoms with Gasteiger partial charge >= 0.3 is 6.03 Å². The minimum atomic E-state index is -1.16. The van der Waals surface area contributed by atoms with Crippen LogP contribution in [0.1, 0.15) is 18.4 Å². The zero-order valence-electron chi connectivity index (χ0n) is 11.6. The van der Waals surface area contributed by atoms with Crippen molar-refractivity contribution in [2.75, 3.05) is 13.7 Å². The molecule has 1 aliphatic heterocycles. The van der Waals surface area contributed by atoms with Crippen LogP contribution < -0.4 is 5.32 Å². The van der Waals surface area contributed by atoms with Crippen LogP contribution >= 0.6 is 0 Å². The van der Waals surface area contributed by atoms with Crippen molar-refractivity contribution in [1.82, 2.24) is 10.2 Å². The molecule has 0 bridgehead atoms. The van der Waals surface area contributed by atoms with Gasteiger partial charge in [0.2, 0.25) is 11.8 Å². The third-order valence-electron chi connectivity index (χ3n) is 3.25. The van der Waals surface area contributed by atoms with E-state index in [2.05, 4.69) is 5.32 Å². The van der Waals surface area contributed by atoms with E-state index in [9.17, 15) is 18.8 Å². The van der Waals surface area contributed by atoms with Crippen LogP contribution in [0.3, 0.4) is 0 Å². The number of imide groups is 2. The van der Waals surface area contributed by atoms with Crippen LogP contribution in [0.5, 0.6) is 0 Å². The summed E-state index contributed by atoms with van der Waals surface area (Å²) in [4.78, 5) is 37.1. The fourth-order valence-electron chi connectivity index (χ4n) is 2.27. The molecule has 112 valence electrons. The molecule has 0 spiro atoms. The number of nitrogens with zero attached hydrogens (tertiary/aromatic N) is 1. The minimum Gasteiger partial charge on any atom is -0.383 e. The normalized spacial score (nSPS) is 20.4. The zero-order valence-corrected chi connectivity index (χ0v) is 11.6. The van der Waals surface area contributed by atoms with E-state index in [-0.39, 0.29) is 6.61 Å². The number of halogens is 1. The van der Waals surface area contributed by atoms with Crippen molar-refractivity contribution in [3.05, 3.63) is 35.6 Å². The van der Waals surface area contributed by atoms with Crippen LogP contribution in [0.25, 0.3) is 0 Å². The summed E-state index contributed by atoms with van der Waals surface area (Å²) in [6, 6.07) is 3.75. The number of rotatable bonds is 4. The maximum absolute atomic E-state index is 12.9. The van der Waals surface area contributed by atoms with Crippen LogP contribution in [0, 0.1) is 5.82 Å². The standard InChI is InChI=1S/C14H15FN2O4/c1-8(7-21-2)17-13(19)11(12(18)16-14(17)20)9-3-5-10(15)6-4-9/h3-6,8,11H,7H2,1-2H3,(H,16,18,20). The van der Waals surface area contributed by atoms with E-state index in [1.807, 2.05) is 0 Å². The van der Waals surface area contributed by atoms with Crippen molar-refractivity contribution in [3.63, 3.8) is 0 Å². The molecule has 2 atom stereocenters. The van der Waals surface area contributed by atoms with Crippen LogP contribution in [-0.4, -0.2) is 42.5 Å². The third-order valence-corrected chi connectivity index (χ3v) is 3.25. The SMILES string of the molecule is COCC(C)N1C(=O)NC(=O)C(c2ccc(F)cc2)C1=O. The molecule has 1 aliphatic rings. The molecular formula is C14H15FN2O4. The molecule has 1 N–H and O–H groups in total. The second-order valence-corrected chi connectivity index (χ2v) is 4.79. The van der Waals surface area contributed by atoms with Crippen molar-refractivity contribution < 1.29 is 23.5 Å². The molecule has 1 saturated heterocycles. The van der Waals surface area contributed by atoms with E-state index in [4.69, 9.17) is 4.74 Å². The number of hydrogen-bond donors (Lipinski definition) is 1. The van der Waals surface area contributed by atoms with E-state index < -0.39 is 35.6 Å². The second kappa shape index (κ2) is 6.01. The van der Waals surface area contributed by atoms with Crippen LogP contribution in [0.15, 0.2) is 24.3 Å². The van der Waals surface area contributed by atoms with Gasteiger partial charge in [0.1, 0.15) is 11.7 Å². The molecule has 0 aliphatic carbocycles. The van der Waals surface area contributed by atoms with E-state index >= 15 is 0 Å². The molecule has 4 amide bonds. The fourth-order valence-corrected chi connectivity index (χ4v) is 2.27. The molecule has 0 radical (unpaired) electrons. The van der Waals surface area contributed by atoms with Crippen molar-refractivity contribution in [1.29, 1.82) is 0 Å². The Bertz CT molecular complexity index is 573. The summed E-state index contributed by atoms with van der Waals surface area (Å²) in [5, 5.41) is 2.14. The zero-order chi connectivity index (χ0) is 15.6. The highest BCUT2D eigenvalue weighted by atomic mass is 19.1. The Balaban J connectivity index is 2.32. The summed E-state index contributed by atoms with van der Waals surface area (Å²) < 4.78 is 17.9. The van der Waals surface area contributed by atoms with Crippen molar-refractivity contribution >= 4 is 17.8 Å². The first-order chi connectivity index (χ1) is 9.95.